The molecular formula is C42H61Cl5N5O10P. The molecule has 0 aliphatic carbocycles. The highest BCUT2D eigenvalue weighted by atomic mass is 35.5. The fourth-order valence-electron chi connectivity index (χ4n) is 4.99. The lowest BCUT2D eigenvalue weighted by Crippen LogP contribution is -2.35. The van der Waals surface area contributed by atoms with Gasteiger partial charge in [-0.25, -0.2) is 4.79 Å². The monoisotopic (exact) mass is 1000 g/mol. The van der Waals surface area contributed by atoms with Crippen molar-refractivity contribution in [2.45, 2.75) is 90.1 Å². The van der Waals surface area contributed by atoms with Crippen molar-refractivity contribution in [1.82, 2.24) is 14.7 Å². The number of hydrogen-bond acceptors (Lipinski definition) is 10. The largest absolute Gasteiger partial charge is 0.489 e. The Labute approximate surface area is 395 Å². The average Bonchev–Trinajstić information content (AvgIpc) is 3.61. The number of carboxylic acid groups (broad SMARTS) is 1. The summed E-state index contributed by atoms with van der Waals surface area (Å²) < 4.78 is 27.7. The van der Waals surface area contributed by atoms with Crippen LogP contribution in [0, 0.1) is 0 Å². The summed E-state index contributed by atoms with van der Waals surface area (Å²) >= 11 is 28.8. The maximum absolute atomic E-state index is 12.1. The molecule has 2 atom stereocenters. The number of nitrogens with zero attached hydrogens (tertiary/aromatic N) is 4. The maximum Gasteiger partial charge on any atom is 0.442 e. The molecule has 1 heterocycles. The molecule has 0 saturated heterocycles. The Hall–Kier alpha value is -3.37. The second kappa shape index (κ2) is 29.2. The Morgan fingerprint density at radius 1 is 1.05 bits per heavy atom. The van der Waals surface area contributed by atoms with Crippen molar-refractivity contribution in [1.29, 1.82) is 0 Å². The van der Waals surface area contributed by atoms with Gasteiger partial charge in [-0.05, 0) is 50.3 Å². The third kappa shape index (κ3) is 21.4. The van der Waals surface area contributed by atoms with Crippen molar-refractivity contribution in [3.63, 3.8) is 0 Å². The summed E-state index contributed by atoms with van der Waals surface area (Å²) in [4.78, 5) is 56.2. The van der Waals surface area contributed by atoms with Crippen LogP contribution >= 0.6 is 65.4 Å². The number of benzene rings is 2. The van der Waals surface area contributed by atoms with Crippen LogP contribution in [0.3, 0.4) is 0 Å². The summed E-state index contributed by atoms with van der Waals surface area (Å²) in [6.07, 6.45) is 4.90. The summed E-state index contributed by atoms with van der Waals surface area (Å²) in [6, 6.07) is 8.18. The van der Waals surface area contributed by atoms with E-state index >= 15 is 0 Å². The van der Waals surface area contributed by atoms with Crippen LogP contribution in [0.4, 0.5) is 5.69 Å². The Bertz CT molecular complexity index is 2020. The van der Waals surface area contributed by atoms with Crippen molar-refractivity contribution in [2.24, 2.45) is 5.73 Å². The molecule has 0 saturated carbocycles. The second-order valence-electron chi connectivity index (χ2n) is 14.9. The molecule has 63 heavy (non-hydrogen) atoms. The normalized spacial score (nSPS) is 12.3. The van der Waals surface area contributed by atoms with Crippen LogP contribution < -0.4 is 21.1 Å². The van der Waals surface area contributed by atoms with Crippen LogP contribution in [-0.2, 0) is 41.9 Å². The van der Waals surface area contributed by atoms with E-state index in [0.29, 0.717) is 35.4 Å². The summed E-state index contributed by atoms with van der Waals surface area (Å²) in [7, 11) is -1.52. The topological polar surface area (TPSA) is 208 Å². The van der Waals surface area contributed by atoms with Crippen LogP contribution in [0.15, 0.2) is 64.9 Å². The first-order valence-corrected chi connectivity index (χ1v) is 24.0. The van der Waals surface area contributed by atoms with E-state index in [4.69, 9.17) is 87.6 Å². The number of methoxy groups -OCH3 is 1. The van der Waals surface area contributed by atoms with Crippen molar-refractivity contribution in [2.75, 3.05) is 50.5 Å². The highest BCUT2D eigenvalue weighted by molar-refractivity contribution is 7.57. The van der Waals surface area contributed by atoms with E-state index in [2.05, 4.69) is 32.1 Å². The standard InChI is InChI=1S/C15H18Cl2N2O3.C14H20ClNO2.C8H11Cl2NO.C5H12NO4P/c1-8(2)21-12-7-11(9(16)6-10(12)17)19-14(20)22-13(18-19)15(3,4)5;1-4-11-7-6-8-12(5-2)14(11)16(10-18-3)13(17)9-15;1-3-5-11(6-4-2)8(12)7(9)10;1-11(9,10)3-2-4(6)5(7)8/h6-8H,1-5H3;6-8H,4-5,9-10H2,1-3H3;3-4,7H,1-2,5-6H2;4H,2-3,6H2,1H3,(H,7,8)(H,9,10). The van der Waals surface area contributed by atoms with E-state index in [1.807, 2.05) is 52.8 Å². The molecule has 0 spiro atoms. The summed E-state index contributed by atoms with van der Waals surface area (Å²) in [5.41, 5.74) is 8.31. The van der Waals surface area contributed by atoms with Crippen molar-refractivity contribution in [3.8, 4) is 11.4 Å². The Morgan fingerprint density at radius 3 is 1.97 bits per heavy atom. The fraction of sp³-hybridized carbons (Fsp3) is 0.500. The van der Waals surface area contributed by atoms with Gasteiger partial charge in [-0.1, -0.05) is 111 Å². The van der Waals surface area contributed by atoms with Gasteiger partial charge in [0.1, 0.15) is 24.4 Å². The van der Waals surface area contributed by atoms with Gasteiger partial charge in [0, 0.05) is 44.5 Å². The first kappa shape index (κ1) is 59.6. The number of aryl methyl sites for hydroxylation is 2. The van der Waals surface area contributed by atoms with Gasteiger partial charge in [0.05, 0.1) is 27.5 Å². The van der Waals surface area contributed by atoms with Crippen molar-refractivity contribution < 1.29 is 42.8 Å². The fourth-order valence-corrected chi connectivity index (χ4v) is 6.67. The molecule has 0 aliphatic rings. The van der Waals surface area contributed by atoms with Gasteiger partial charge in [-0.15, -0.1) is 29.9 Å². The van der Waals surface area contributed by atoms with Gasteiger partial charge in [0.25, 0.3) is 5.91 Å². The number of carbonyl (C=O) groups is 3. The van der Waals surface area contributed by atoms with Gasteiger partial charge < -0.3 is 34.5 Å². The van der Waals surface area contributed by atoms with E-state index in [1.165, 1.54) is 17.6 Å². The molecule has 0 fully saturated rings. The highest BCUT2D eigenvalue weighted by Gasteiger charge is 2.25. The predicted octanol–water partition coefficient (Wildman–Crippen LogP) is 8.88. The lowest BCUT2D eigenvalue weighted by atomic mass is 9.97. The first-order chi connectivity index (χ1) is 29.2. The lowest BCUT2D eigenvalue weighted by molar-refractivity contribution is -0.138. The smallest absolute Gasteiger partial charge is 0.442 e. The van der Waals surface area contributed by atoms with E-state index < -0.39 is 30.0 Å². The minimum Gasteiger partial charge on any atom is -0.489 e. The zero-order valence-corrected chi connectivity index (χ0v) is 41.9. The average molecular weight is 1000 g/mol. The maximum atomic E-state index is 12.1. The number of nitrogens with two attached hydrogens (primary N) is 1. The van der Waals surface area contributed by atoms with Crippen LogP contribution in [0.2, 0.25) is 10.0 Å². The molecule has 2 unspecified atom stereocenters. The van der Waals surface area contributed by atoms with Crippen LogP contribution in [0.1, 0.15) is 71.9 Å². The Morgan fingerprint density at radius 2 is 1.59 bits per heavy atom. The van der Waals surface area contributed by atoms with Crippen LogP contribution in [0.25, 0.3) is 5.69 Å². The zero-order chi connectivity index (χ0) is 48.8. The predicted molar refractivity (Wildman–Crippen MR) is 255 cm³/mol. The molecule has 0 radical (unpaired) electrons. The number of carbonyl (C=O) groups excluding carboxylic acids is 2. The number of hydrogen-bond donors (Lipinski definition) is 3. The van der Waals surface area contributed by atoms with E-state index in [9.17, 15) is 23.7 Å². The van der Waals surface area contributed by atoms with Gasteiger partial charge >= 0.3 is 11.7 Å². The summed E-state index contributed by atoms with van der Waals surface area (Å²) in [5.74, 6) is -1.47. The molecule has 4 N–H and O–H groups in total. The highest BCUT2D eigenvalue weighted by Crippen LogP contribution is 2.36. The van der Waals surface area contributed by atoms with Crippen molar-refractivity contribution in [3.05, 3.63) is 93.3 Å². The van der Waals surface area contributed by atoms with E-state index in [0.717, 1.165) is 34.3 Å². The SMILES string of the molecule is C=CCN(CC=C)C(=O)C(Cl)Cl.CC(C)Oc1cc(-n2nc(C(C)(C)C)oc2=O)c(Cl)cc1Cl.CCc1cccc(CC)c1N(COC)C(=O)CCl.CP(=O)(O)CCC(N)C(=O)O. The number of alkyl halides is 3. The molecule has 354 valence electrons. The third-order valence-electron chi connectivity index (χ3n) is 8.06. The molecule has 21 heteroatoms. The molecule has 0 bridgehead atoms. The number of carboxylic acids is 1. The van der Waals surface area contributed by atoms with E-state index in [-0.39, 0.29) is 53.5 Å². The van der Waals surface area contributed by atoms with Crippen LogP contribution in [0.5, 0.6) is 5.75 Å². The number of aromatic nitrogens is 2. The lowest BCUT2D eigenvalue weighted by Gasteiger charge is -2.26. The first-order valence-electron chi connectivity index (χ1n) is 19.5. The molecular weight excluding hydrogens is 943 g/mol. The van der Waals surface area contributed by atoms with Crippen molar-refractivity contribution >= 4 is 88.8 Å². The number of ether oxygens (including phenoxy) is 2. The molecule has 15 nitrogen and oxygen atoms in total. The Balaban J connectivity index is 0.000000849. The number of para-hydroxylation sites is 1. The minimum atomic E-state index is -3.10. The molecule has 2 aromatic carbocycles. The number of rotatable bonds is 18. The second-order valence-corrected chi connectivity index (χ2v) is 19.6. The third-order valence-corrected chi connectivity index (χ3v) is 10.3. The number of anilines is 1. The molecule has 3 rings (SSSR count). The zero-order valence-electron chi connectivity index (χ0n) is 37.2. The number of halogens is 5. The minimum absolute atomic E-state index is 0.0371. The molecule has 1 aromatic heterocycles. The number of amides is 2. The Kier molecular flexibility index (Phi) is 27.7. The van der Waals surface area contributed by atoms with E-state index in [1.54, 1.807) is 30.2 Å². The summed E-state index contributed by atoms with van der Waals surface area (Å²) in [6.45, 7) is 22.9. The van der Waals surface area contributed by atoms with Crippen LogP contribution in [-0.4, -0.2) is 105 Å². The number of aliphatic carboxylic acids is 1. The molecule has 2 amide bonds. The summed E-state index contributed by atoms with van der Waals surface area (Å²) in [5, 5.41) is 13.2. The molecule has 3 aromatic rings. The van der Waals surface area contributed by atoms with Gasteiger partial charge in [0.2, 0.25) is 11.8 Å². The quantitative estimate of drug-likeness (QED) is 0.0473. The van der Waals surface area contributed by atoms with Gasteiger partial charge in [-0.3, -0.25) is 23.8 Å². The van der Waals surface area contributed by atoms with Gasteiger partial charge in [-0.2, -0.15) is 4.68 Å². The molecule has 0 aliphatic heterocycles. The van der Waals surface area contributed by atoms with Gasteiger partial charge in [0.15, 0.2) is 12.2 Å².